The third kappa shape index (κ3) is 2.71. The van der Waals surface area contributed by atoms with Crippen LogP contribution in [0.1, 0.15) is 43.3 Å². The Bertz CT molecular complexity index is 655. The first kappa shape index (κ1) is 15.0. The number of rotatable bonds is 1. The molecule has 0 atom stereocenters. The maximum Gasteiger partial charge on any atom is 0.136 e. The van der Waals surface area contributed by atoms with Gasteiger partial charge in [-0.15, -0.1) is 0 Å². The zero-order valence-corrected chi connectivity index (χ0v) is 13.8. The highest BCUT2D eigenvalue weighted by Gasteiger charge is 2.21. The second-order valence-corrected chi connectivity index (χ2v) is 6.67. The van der Waals surface area contributed by atoms with Gasteiger partial charge in [0, 0.05) is 16.5 Å². The Labute approximate surface area is 126 Å². The number of hydrogen-bond donors (Lipinski definition) is 0. The molecule has 0 fully saturated rings. The number of nitrogens with zero attached hydrogens (tertiary/aromatic N) is 2. The molecule has 0 amide bonds. The molecule has 2 aromatic rings. The van der Waals surface area contributed by atoms with Gasteiger partial charge in [0.2, 0.25) is 0 Å². The van der Waals surface area contributed by atoms with Gasteiger partial charge in [0.05, 0.1) is 5.69 Å². The van der Waals surface area contributed by atoms with Crippen LogP contribution in [0.2, 0.25) is 5.15 Å². The fourth-order valence-electron chi connectivity index (χ4n) is 2.09. The average Bonchev–Trinajstić information content (AvgIpc) is 2.35. The molecule has 1 aromatic carbocycles. The molecule has 0 radical (unpaired) electrons. The smallest absolute Gasteiger partial charge is 0.136 e. The summed E-state index contributed by atoms with van der Waals surface area (Å²) in [5.41, 5.74) is 5.39. The van der Waals surface area contributed by atoms with E-state index >= 15 is 0 Å². The Kier molecular flexibility index (Phi) is 3.88. The Morgan fingerprint density at radius 2 is 1.60 bits per heavy atom. The molecular formula is C17H21ClN2. The van der Waals surface area contributed by atoms with Gasteiger partial charge in [-0.05, 0) is 31.9 Å². The molecule has 0 aliphatic carbocycles. The van der Waals surface area contributed by atoms with Crippen LogP contribution < -0.4 is 0 Å². The fourth-order valence-corrected chi connectivity index (χ4v) is 2.26. The first-order valence-corrected chi connectivity index (χ1v) is 7.21. The van der Waals surface area contributed by atoms with Gasteiger partial charge in [0.1, 0.15) is 11.0 Å². The van der Waals surface area contributed by atoms with E-state index < -0.39 is 0 Å². The molecule has 0 bridgehead atoms. The fraction of sp³-hybridized carbons (Fsp3) is 0.412. The molecule has 20 heavy (non-hydrogen) atoms. The molecule has 106 valence electrons. The predicted octanol–water partition coefficient (Wildman–Crippen LogP) is 5.02. The Morgan fingerprint density at radius 1 is 0.950 bits per heavy atom. The number of halogens is 1. The van der Waals surface area contributed by atoms with Gasteiger partial charge in [-0.2, -0.15) is 0 Å². The van der Waals surface area contributed by atoms with Crippen molar-refractivity contribution in [2.75, 3.05) is 0 Å². The zero-order chi connectivity index (χ0) is 15.1. The molecular weight excluding hydrogens is 268 g/mol. The Hall–Kier alpha value is -1.41. The Morgan fingerprint density at radius 3 is 2.20 bits per heavy atom. The molecule has 3 heteroatoms. The minimum Gasteiger partial charge on any atom is -0.232 e. The van der Waals surface area contributed by atoms with E-state index in [0.717, 1.165) is 22.6 Å². The summed E-state index contributed by atoms with van der Waals surface area (Å²) in [6, 6.07) is 6.27. The average molecular weight is 289 g/mol. The van der Waals surface area contributed by atoms with Crippen molar-refractivity contribution >= 4 is 11.6 Å². The maximum atomic E-state index is 6.32. The van der Waals surface area contributed by atoms with Crippen LogP contribution >= 0.6 is 11.6 Å². The van der Waals surface area contributed by atoms with Crippen molar-refractivity contribution in [1.82, 2.24) is 9.97 Å². The summed E-state index contributed by atoms with van der Waals surface area (Å²) in [7, 11) is 0. The summed E-state index contributed by atoms with van der Waals surface area (Å²) in [5, 5.41) is 0.542. The van der Waals surface area contributed by atoms with E-state index in [9.17, 15) is 0 Å². The second-order valence-electron chi connectivity index (χ2n) is 6.31. The number of aryl methyl sites for hydroxylation is 1. The van der Waals surface area contributed by atoms with E-state index in [2.05, 4.69) is 57.8 Å². The standard InChI is InChI=1S/C17H21ClN2/c1-10-8-7-9-13(11(10)2)14-12(3)15(18)20-16(19-14)17(4,5)6/h7-9H,1-6H3. The van der Waals surface area contributed by atoms with Crippen LogP contribution in [0.5, 0.6) is 0 Å². The van der Waals surface area contributed by atoms with Gasteiger partial charge < -0.3 is 0 Å². The zero-order valence-electron chi connectivity index (χ0n) is 13.0. The van der Waals surface area contributed by atoms with Crippen LogP contribution in [0.15, 0.2) is 18.2 Å². The topological polar surface area (TPSA) is 25.8 Å². The lowest BCUT2D eigenvalue weighted by Crippen LogP contribution is -2.17. The van der Waals surface area contributed by atoms with Crippen molar-refractivity contribution in [1.29, 1.82) is 0 Å². The SMILES string of the molecule is Cc1cccc(-c2nc(C(C)(C)C)nc(Cl)c2C)c1C. The van der Waals surface area contributed by atoms with Gasteiger partial charge in [-0.25, -0.2) is 9.97 Å². The van der Waals surface area contributed by atoms with Crippen LogP contribution in [-0.2, 0) is 5.41 Å². The van der Waals surface area contributed by atoms with Gasteiger partial charge in [0.15, 0.2) is 0 Å². The molecule has 0 N–H and O–H groups in total. The number of hydrogen-bond acceptors (Lipinski definition) is 2. The van der Waals surface area contributed by atoms with E-state index in [1.807, 2.05) is 6.92 Å². The minimum atomic E-state index is -0.121. The summed E-state index contributed by atoms with van der Waals surface area (Å²) in [6.07, 6.45) is 0. The summed E-state index contributed by atoms with van der Waals surface area (Å²) in [5.74, 6) is 0.781. The molecule has 1 heterocycles. The van der Waals surface area contributed by atoms with Crippen LogP contribution in [0.25, 0.3) is 11.3 Å². The predicted molar refractivity (Wildman–Crippen MR) is 85.4 cm³/mol. The minimum absolute atomic E-state index is 0.121. The lowest BCUT2D eigenvalue weighted by atomic mass is 9.94. The summed E-state index contributed by atoms with van der Waals surface area (Å²) in [6.45, 7) is 12.5. The lowest BCUT2D eigenvalue weighted by Gasteiger charge is -2.20. The summed E-state index contributed by atoms with van der Waals surface area (Å²) < 4.78 is 0. The molecule has 0 aliphatic heterocycles. The van der Waals surface area contributed by atoms with Crippen molar-refractivity contribution in [3.63, 3.8) is 0 Å². The van der Waals surface area contributed by atoms with Gasteiger partial charge in [-0.3, -0.25) is 0 Å². The third-order valence-electron chi connectivity index (χ3n) is 3.62. The third-order valence-corrected chi connectivity index (χ3v) is 3.98. The Balaban J connectivity index is 2.74. The molecule has 0 spiro atoms. The van der Waals surface area contributed by atoms with E-state index in [-0.39, 0.29) is 5.41 Å². The van der Waals surface area contributed by atoms with Gasteiger partial charge in [0.25, 0.3) is 0 Å². The second kappa shape index (κ2) is 5.17. The molecule has 0 saturated heterocycles. The van der Waals surface area contributed by atoms with Gasteiger partial charge in [-0.1, -0.05) is 50.6 Å². The first-order valence-electron chi connectivity index (χ1n) is 6.83. The molecule has 0 unspecified atom stereocenters. The van der Waals surface area contributed by atoms with E-state index in [1.165, 1.54) is 11.1 Å². The first-order chi connectivity index (χ1) is 9.21. The largest absolute Gasteiger partial charge is 0.232 e. The van der Waals surface area contributed by atoms with Crippen LogP contribution in [0.4, 0.5) is 0 Å². The summed E-state index contributed by atoms with van der Waals surface area (Å²) >= 11 is 6.32. The highest BCUT2D eigenvalue weighted by Crippen LogP contribution is 2.31. The van der Waals surface area contributed by atoms with Crippen molar-refractivity contribution in [2.24, 2.45) is 0 Å². The van der Waals surface area contributed by atoms with Crippen molar-refractivity contribution in [3.8, 4) is 11.3 Å². The van der Waals surface area contributed by atoms with Crippen molar-refractivity contribution in [3.05, 3.63) is 45.9 Å². The highest BCUT2D eigenvalue weighted by molar-refractivity contribution is 6.30. The highest BCUT2D eigenvalue weighted by atomic mass is 35.5. The summed E-state index contributed by atoms with van der Waals surface area (Å²) in [4.78, 5) is 9.22. The number of benzene rings is 1. The van der Waals surface area contributed by atoms with Crippen LogP contribution in [0.3, 0.4) is 0 Å². The molecule has 1 aromatic heterocycles. The van der Waals surface area contributed by atoms with Crippen molar-refractivity contribution < 1.29 is 0 Å². The molecule has 0 aliphatic rings. The number of aromatic nitrogens is 2. The van der Waals surface area contributed by atoms with E-state index in [0.29, 0.717) is 5.15 Å². The molecule has 2 nitrogen and oxygen atoms in total. The van der Waals surface area contributed by atoms with Crippen LogP contribution in [0, 0.1) is 20.8 Å². The quantitative estimate of drug-likeness (QED) is 0.689. The van der Waals surface area contributed by atoms with E-state index in [4.69, 9.17) is 16.6 Å². The monoisotopic (exact) mass is 288 g/mol. The van der Waals surface area contributed by atoms with Gasteiger partial charge >= 0.3 is 0 Å². The van der Waals surface area contributed by atoms with Crippen LogP contribution in [-0.4, -0.2) is 9.97 Å². The van der Waals surface area contributed by atoms with Crippen molar-refractivity contribution in [2.45, 2.75) is 47.0 Å². The molecule has 0 saturated carbocycles. The van der Waals surface area contributed by atoms with E-state index in [1.54, 1.807) is 0 Å². The lowest BCUT2D eigenvalue weighted by molar-refractivity contribution is 0.545. The normalized spacial score (nSPS) is 11.8. The maximum absolute atomic E-state index is 6.32. The molecule has 2 rings (SSSR count).